The number of aryl methyl sites for hydroxylation is 2. The third kappa shape index (κ3) is 4.86. The van der Waals surface area contributed by atoms with Crippen molar-refractivity contribution in [1.82, 2.24) is 5.16 Å². The van der Waals surface area contributed by atoms with Crippen molar-refractivity contribution in [2.24, 2.45) is 0 Å². The van der Waals surface area contributed by atoms with Gasteiger partial charge in [-0.25, -0.2) is 8.42 Å². The van der Waals surface area contributed by atoms with Crippen molar-refractivity contribution < 1.29 is 17.7 Å². The quantitative estimate of drug-likeness (QED) is 0.608. The van der Waals surface area contributed by atoms with Gasteiger partial charge in [0.25, 0.3) is 0 Å². The summed E-state index contributed by atoms with van der Waals surface area (Å²) < 4.78 is 31.1. The van der Waals surface area contributed by atoms with Gasteiger partial charge in [-0.15, -0.1) is 0 Å². The molecule has 0 unspecified atom stereocenters. The van der Waals surface area contributed by atoms with E-state index in [-0.39, 0.29) is 23.0 Å². The average Bonchev–Trinajstić information content (AvgIpc) is 3.01. The van der Waals surface area contributed by atoms with Crippen LogP contribution in [-0.2, 0) is 14.6 Å². The summed E-state index contributed by atoms with van der Waals surface area (Å²) >= 11 is 5.82. The molecule has 0 bridgehead atoms. The highest BCUT2D eigenvalue weighted by Gasteiger charge is 2.21. The van der Waals surface area contributed by atoms with E-state index in [0.717, 1.165) is 11.3 Å². The Kier molecular flexibility index (Phi) is 6.10. The summed E-state index contributed by atoms with van der Waals surface area (Å²) in [6, 6.07) is 11.7. The number of aromatic nitrogens is 1. The monoisotopic (exact) mass is 432 g/mol. The van der Waals surface area contributed by atoms with Gasteiger partial charge in [0, 0.05) is 28.3 Å². The first kappa shape index (κ1) is 21.1. The first-order valence-electron chi connectivity index (χ1n) is 8.99. The zero-order valence-electron chi connectivity index (χ0n) is 16.3. The molecule has 0 atom stereocenters. The van der Waals surface area contributed by atoms with E-state index in [1.165, 1.54) is 0 Å². The molecular weight excluding hydrogens is 412 g/mol. The fourth-order valence-corrected chi connectivity index (χ4v) is 4.52. The van der Waals surface area contributed by atoms with E-state index in [1.54, 1.807) is 49.4 Å². The maximum atomic E-state index is 12.9. The molecule has 1 amide bonds. The highest BCUT2D eigenvalue weighted by Crippen LogP contribution is 2.29. The Morgan fingerprint density at radius 1 is 1.10 bits per heavy atom. The molecule has 3 rings (SSSR count). The molecule has 3 aromatic rings. The minimum absolute atomic E-state index is 0.158. The predicted molar refractivity (Wildman–Crippen MR) is 113 cm³/mol. The molecular formula is C21H21ClN2O4S. The van der Waals surface area contributed by atoms with Gasteiger partial charge >= 0.3 is 0 Å². The first-order chi connectivity index (χ1) is 13.7. The van der Waals surface area contributed by atoms with E-state index in [2.05, 4.69) is 10.5 Å². The highest BCUT2D eigenvalue weighted by atomic mass is 35.5. The number of amides is 1. The minimum Gasteiger partial charge on any atom is -0.356 e. The van der Waals surface area contributed by atoms with E-state index in [9.17, 15) is 13.2 Å². The fourth-order valence-electron chi connectivity index (χ4n) is 2.85. The topological polar surface area (TPSA) is 89.3 Å². The third-order valence-electron chi connectivity index (χ3n) is 4.67. The van der Waals surface area contributed by atoms with E-state index >= 15 is 0 Å². The van der Waals surface area contributed by atoms with Gasteiger partial charge in [0.15, 0.2) is 15.6 Å². The zero-order chi connectivity index (χ0) is 21.2. The number of sulfone groups is 1. The summed E-state index contributed by atoms with van der Waals surface area (Å²) in [5, 5.41) is 7.15. The maximum Gasteiger partial charge on any atom is 0.225 e. The van der Waals surface area contributed by atoms with Gasteiger partial charge in [0.1, 0.15) is 0 Å². The summed E-state index contributed by atoms with van der Waals surface area (Å²) in [5.74, 6) is -0.142. The molecule has 0 aliphatic carbocycles. The van der Waals surface area contributed by atoms with Crippen LogP contribution in [0.25, 0.3) is 11.3 Å². The van der Waals surface area contributed by atoms with Crippen molar-refractivity contribution >= 4 is 33.0 Å². The van der Waals surface area contributed by atoms with E-state index in [0.29, 0.717) is 27.6 Å². The molecule has 0 saturated carbocycles. The van der Waals surface area contributed by atoms with Crippen molar-refractivity contribution in [3.8, 4) is 11.3 Å². The van der Waals surface area contributed by atoms with Gasteiger partial charge in [-0.3, -0.25) is 4.79 Å². The van der Waals surface area contributed by atoms with Crippen molar-refractivity contribution in [1.29, 1.82) is 0 Å². The first-order valence-corrected chi connectivity index (χ1v) is 11.0. The van der Waals surface area contributed by atoms with Crippen molar-refractivity contribution in [3.63, 3.8) is 0 Å². The number of halogens is 1. The van der Waals surface area contributed by atoms with Crippen molar-refractivity contribution in [2.75, 3.05) is 11.1 Å². The molecule has 0 fully saturated rings. The number of carbonyl (C=O) groups excluding carboxylic acids is 1. The molecule has 2 aromatic carbocycles. The molecule has 1 N–H and O–H groups in total. The Morgan fingerprint density at radius 3 is 2.41 bits per heavy atom. The lowest BCUT2D eigenvalue weighted by Gasteiger charge is -2.10. The van der Waals surface area contributed by atoms with Crippen molar-refractivity contribution in [2.45, 2.75) is 32.1 Å². The molecule has 1 heterocycles. The van der Waals surface area contributed by atoms with Crippen LogP contribution in [0.4, 0.5) is 5.69 Å². The van der Waals surface area contributed by atoms with Gasteiger partial charge in [-0.05, 0) is 56.7 Å². The molecule has 6 nitrogen and oxygen atoms in total. The molecule has 0 radical (unpaired) electrons. The van der Waals surface area contributed by atoms with Crippen LogP contribution in [0.2, 0.25) is 5.02 Å². The van der Waals surface area contributed by atoms with Crippen LogP contribution in [0.3, 0.4) is 0 Å². The molecule has 1 aromatic heterocycles. The number of hydrogen-bond acceptors (Lipinski definition) is 5. The number of carbonyl (C=O) groups is 1. The van der Waals surface area contributed by atoms with Crippen LogP contribution in [-0.4, -0.2) is 25.2 Å². The molecule has 29 heavy (non-hydrogen) atoms. The van der Waals surface area contributed by atoms with Gasteiger partial charge in [-0.2, -0.15) is 0 Å². The molecule has 0 saturated heterocycles. The summed E-state index contributed by atoms with van der Waals surface area (Å²) in [6.45, 7) is 5.42. The molecule has 0 spiro atoms. The number of hydrogen-bond donors (Lipinski definition) is 1. The Balaban J connectivity index is 1.76. The van der Waals surface area contributed by atoms with E-state index in [4.69, 9.17) is 16.1 Å². The highest BCUT2D eigenvalue weighted by molar-refractivity contribution is 7.91. The van der Waals surface area contributed by atoms with Crippen LogP contribution >= 0.6 is 11.6 Å². The lowest BCUT2D eigenvalue weighted by molar-refractivity contribution is -0.115. The average molecular weight is 433 g/mol. The Morgan fingerprint density at radius 2 is 1.79 bits per heavy atom. The molecule has 152 valence electrons. The van der Waals surface area contributed by atoms with Gasteiger partial charge in [-0.1, -0.05) is 28.9 Å². The van der Waals surface area contributed by atoms with Gasteiger partial charge in [0.05, 0.1) is 16.3 Å². The van der Waals surface area contributed by atoms with Crippen LogP contribution in [0.1, 0.15) is 23.2 Å². The SMILES string of the molecule is Cc1ccc(-c2onc(C)c2C)cc1S(=O)(=O)CCC(=O)Nc1ccc(Cl)cc1. The number of rotatable bonds is 6. The second-order valence-electron chi connectivity index (χ2n) is 6.83. The second kappa shape index (κ2) is 8.39. The lowest BCUT2D eigenvalue weighted by Crippen LogP contribution is -2.18. The maximum absolute atomic E-state index is 12.9. The van der Waals surface area contributed by atoms with Crippen LogP contribution < -0.4 is 5.32 Å². The predicted octanol–water partition coefficient (Wildman–Crippen LogP) is 4.72. The van der Waals surface area contributed by atoms with Crippen LogP contribution in [0.5, 0.6) is 0 Å². The van der Waals surface area contributed by atoms with Gasteiger partial charge < -0.3 is 9.84 Å². The molecule has 8 heteroatoms. The Labute approximate surface area is 174 Å². The standard InChI is InChI=1S/C21H21ClN2O4S/c1-13-4-5-16(21-14(2)15(3)24-28-21)12-19(13)29(26,27)11-10-20(25)23-18-8-6-17(22)7-9-18/h4-9,12H,10-11H2,1-3H3,(H,23,25). The summed E-state index contributed by atoms with van der Waals surface area (Å²) in [7, 11) is -3.67. The third-order valence-corrected chi connectivity index (χ3v) is 6.77. The fraction of sp³-hybridized carbons (Fsp3) is 0.238. The summed E-state index contributed by atoms with van der Waals surface area (Å²) in [5.41, 5.74) is 3.42. The summed E-state index contributed by atoms with van der Waals surface area (Å²) in [6.07, 6.45) is -0.158. The largest absolute Gasteiger partial charge is 0.356 e. The Bertz CT molecular complexity index is 1150. The van der Waals surface area contributed by atoms with Crippen molar-refractivity contribution in [3.05, 3.63) is 64.3 Å². The zero-order valence-corrected chi connectivity index (χ0v) is 17.9. The number of benzene rings is 2. The second-order valence-corrected chi connectivity index (χ2v) is 9.34. The molecule has 0 aliphatic rings. The normalized spacial score (nSPS) is 11.4. The smallest absolute Gasteiger partial charge is 0.225 e. The number of anilines is 1. The minimum atomic E-state index is -3.67. The lowest BCUT2D eigenvalue weighted by atomic mass is 10.1. The van der Waals surface area contributed by atoms with Crippen LogP contribution in [0, 0.1) is 20.8 Å². The van der Waals surface area contributed by atoms with Crippen LogP contribution in [0.15, 0.2) is 51.9 Å². The number of nitrogens with one attached hydrogen (secondary N) is 1. The number of nitrogens with zero attached hydrogens (tertiary/aromatic N) is 1. The van der Waals surface area contributed by atoms with Gasteiger partial charge in [0.2, 0.25) is 5.91 Å². The summed E-state index contributed by atoms with van der Waals surface area (Å²) in [4.78, 5) is 12.3. The molecule has 0 aliphatic heterocycles. The van der Waals surface area contributed by atoms with E-state index in [1.807, 2.05) is 13.8 Å². The van der Waals surface area contributed by atoms with E-state index < -0.39 is 9.84 Å². The Hall–Kier alpha value is -2.64.